The van der Waals surface area contributed by atoms with Crippen LogP contribution in [0.3, 0.4) is 0 Å². The minimum Gasteiger partial charge on any atom is -0.372 e. The lowest BCUT2D eigenvalue weighted by atomic mass is 10.1. The van der Waals surface area contributed by atoms with Crippen molar-refractivity contribution >= 4 is 5.69 Å². The van der Waals surface area contributed by atoms with Gasteiger partial charge >= 0.3 is 0 Å². The second kappa shape index (κ2) is 7.35. The summed E-state index contributed by atoms with van der Waals surface area (Å²) in [4.78, 5) is 5.13. The van der Waals surface area contributed by atoms with Gasteiger partial charge in [0.15, 0.2) is 0 Å². The summed E-state index contributed by atoms with van der Waals surface area (Å²) >= 11 is 0. The van der Waals surface area contributed by atoms with Crippen molar-refractivity contribution in [2.45, 2.75) is 25.7 Å². The first-order chi connectivity index (χ1) is 9.40. The fourth-order valence-electron chi connectivity index (χ4n) is 2.25. The Labute approximate surface area is 114 Å². The van der Waals surface area contributed by atoms with Crippen LogP contribution in [0.5, 0.6) is 0 Å². The Bertz CT molecular complexity index is 514. The number of nitrogens with zero attached hydrogens (tertiary/aromatic N) is 4. The highest BCUT2D eigenvalue weighted by Gasteiger charge is 2.10. The van der Waals surface area contributed by atoms with Crippen molar-refractivity contribution in [3.63, 3.8) is 0 Å². The van der Waals surface area contributed by atoms with Crippen LogP contribution in [0.15, 0.2) is 29.4 Å². The van der Waals surface area contributed by atoms with E-state index in [2.05, 4.69) is 45.0 Å². The molecule has 19 heavy (non-hydrogen) atoms. The summed E-state index contributed by atoms with van der Waals surface area (Å²) in [6.07, 6.45) is 4.51. The number of piperidine rings is 1. The second-order valence-corrected chi connectivity index (χ2v) is 4.60. The van der Waals surface area contributed by atoms with Gasteiger partial charge in [0.2, 0.25) is 0 Å². The minimum atomic E-state index is 0.440. The molecule has 0 spiro atoms. The molecule has 2 rings (SSSR count). The molecule has 1 aromatic rings. The molecule has 1 aromatic carbocycles. The second-order valence-electron chi connectivity index (χ2n) is 4.60. The lowest BCUT2D eigenvalue weighted by Crippen LogP contribution is -2.29. The Balaban J connectivity index is 1.99. The Kier molecular flexibility index (Phi) is 5.16. The third-order valence-electron chi connectivity index (χ3n) is 3.20. The normalized spacial score (nSPS) is 14.2. The van der Waals surface area contributed by atoms with Crippen molar-refractivity contribution in [1.29, 1.82) is 0 Å². The molecule has 0 unspecified atom stereocenters. The number of hydrogen-bond donors (Lipinski definition) is 0. The lowest BCUT2D eigenvalue weighted by Gasteiger charge is -2.28. The van der Waals surface area contributed by atoms with Gasteiger partial charge in [-0.05, 0) is 43.0 Å². The van der Waals surface area contributed by atoms with Crippen LogP contribution < -0.4 is 4.90 Å². The maximum absolute atomic E-state index is 8.17. The average Bonchev–Trinajstić information content (AvgIpc) is 2.48. The van der Waals surface area contributed by atoms with Gasteiger partial charge in [-0.1, -0.05) is 23.0 Å². The van der Waals surface area contributed by atoms with E-state index in [1.165, 1.54) is 24.9 Å². The SMILES string of the molecule is [N-]=[N+]=NCCC#Cc1cccc(N2CCCCC2)c1. The first-order valence-electron chi connectivity index (χ1n) is 6.75. The predicted molar refractivity (Wildman–Crippen MR) is 78.0 cm³/mol. The van der Waals surface area contributed by atoms with E-state index in [1.54, 1.807) is 0 Å². The summed E-state index contributed by atoms with van der Waals surface area (Å²) < 4.78 is 0. The fraction of sp³-hybridized carbons (Fsp3) is 0.467. The molecule has 0 radical (unpaired) electrons. The molecule has 4 heteroatoms. The predicted octanol–water partition coefficient (Wildman–Crippen LogP) is 3.73. The Morgan fingerprint density at radius 3 is 2.89 bits per heavy atom. The van der Waals surface area contributed by atoms with E-state index in [4.69, 9.17) is 5.53 Å². The summed E-state index contributed by atoms with van der Waals surface area (Å²) in [6.45, 7) is 2.73. The van der Waals surface area contributed by atoms with Gasteiger partial charge < -0.3 is 4.90 Å². The van der Waals surface area contributed by atoms with Crippen molar-refractivity contribution in [3.05, 3.63) is 40.3 Å². The molecule has 0 atom stereocenters. The van der Waals surface area contributed by atoms with Crippen LogP contribution in [-0.2, 0) is 0 Å². The summed E-state index contributed by atoms with van der Waals surface area (Å²) in [5.41, 5.74) is 10.5. The van der Waals surface area contributed by atoms with Crippen LogP contribution in [0, 0.1) is 11.8 Å². The zero-order chi connectivity index (χ0) is 13.3. The first kappa shape index (κ1) is 13.3. The maximum Gasteiger partial charge on any atom is 0.0378 e. The van der Waals surface area contributed by atoms with E-state index in [-0.39, 0.29) is 0 Å². The standard InChI is InChI=1S/C15H18N4/c16-18-17-10-3-2-7-14-8-6-9-15(13-14)19-11-4-1-5-12-19/h6,8-9,13H,1,3-5,10-12H2. The molecule has 1 fully saturated rings. The Morgan fingerprint density at radius 1 is 1.26 bits per heavy atom. The van der Waals surface area contributed by atoms with Crippen LogP contribution in [0.4, 0.5) is 5.69 Å². The van der Waals surface area contributed by atoms with Crippen LogP contribution in [0.1, 0.15) is 31.2 Å². The van der Waals surface area contributed by atoms with E-state index in [9.17, 15) is 0 Å². The van der Waals surface area contributed by atoms with E-state index in [0.29, 0.717) is 13.0 Å². The van der Waals surface area contributed by atoms with E-state index >= 15 is 0 Å². The number of anilines is 1. The smallest absolute Gasteiger partial charge is 0.0378 e. The third kappa shape index (κ3) is 4.24. The number of hydrogen-bond acceptors (Lipinski definition) is 2. The van der Waals surface area contributed by atoms with E-state index in [1.807, 2.05) is 6.07 Å². The highest BCUT2D eigenvalue weighted by atomic mass is 15.1. The van der Waals surface area contributed by atoms with Crippen molar-refractivity contribution in [2.75, 3.05) is 24.5 Å². The zero-order valence-electron chi connectivity index (χ0n) is 11.0. The van der Waals surface area contributed by atoms with Gasteiger partial charge in [0.25, 0.3) is 0 Å². The molecule has 1 heterocycles. The molecule has 98 valence electrons. The average molecular weight is 254 g/mol. The summed E-state index contributed by atoms with van der Waals surface area (Å²) in [5.74, 6) is 6.16. The Morgan fingerprint density at radius 2 is 2.11 bits per heavy atom. The quantitative estimate of drug-likeness (QED) is 0.266. The van der Waals surface area contributed by atoms with Gasteiger partial charge in [-0.25, -0.2) is 0 Å². The molecule has 0 aromatic heterocycles. The molecule has 0 aliphatic carbocycles. The number of azide groups is 1. The first-order valence-corrected chi connectivity index (χ1v) is 6.75. The third-order valence-corrected chi connectivity index (χ3v) is 3.20. The highest BCUT2D eigenvalue weighted by molar-refractivity contribution is 5.52. The number of rotatable bonds is 3. The minimum absolute atomic E-state index is 0.440. The highest BCUT2D eigenvalue weighted by Crippen LogP contribution is 2.20. The van der Waals surface area contributed by atoms with Gasteiger partial charge in [-0.15, -0.1) is 0 Å². The Hall–Kier alpha value is -2.11. The summed E-state index contributed by atoms with van der Waals surface area (Å²) in [7, 11) is 0. The molecule has 1 aliphatic heterocycles. The monoisotopic (exact) mass is 254 g/mol. The molecule has 0 amide bonds. The van der Waals surface area contributed by atoms with Crippen LogP contribution in [-0.4, -0.2) is 19.6 Å². The maximum atomic E-state index is 8.17. The fourth-order valence-corrected chi connectivity index (χ4v) is 2.25. The molecule has 4 nitrogen and oxygen atoms in total. The van der Waals surface area contributed by atoms with Crippen molar-refractivity contribution in [3.8, 4) is 11.8 Å². The van der Waals surface area contributed by atoms with Crippen molar-refractivity contribution in [2.24, 2.45) is 5.11 Å². The molecule has 0 N–H and O–H groups in total. The van der Waals surface area contributed by atoms with E-state index < -0.39 is 0 Å². The topological polar surface area (TPSA) is 52.0 Å². The summed E-state index contributed by atoms with van der Waals surface area (Å²) in [5, 5.41) is 3.46. The van der Waals surface area contributed by atoms with Crippen molar-refractivity contribution < 1.29 is 0 Å². The van der Waals surface area contributed by atoms with Gasteiger partial charge in [0.1, 0.15) is 0 Å². The largest absolute Gasteiger partial charge is 0.372 e. The summed E-state index contributed by atoms with van der Waals surface area (Å²) in [6, 6.07) is 8.37. The molecular formula is C15H18N4. The van der Waals surface area contributed by atoms with Gasteiger partial charge in [-0.3, -0.25) is 0 Å². The van der Waals surface area contributed by atoms with Crippen LogP contribution in [0.25, 0.3) is 10.4 Å². The molecule has 0 saturated carbocycles. The molecule has 1 aliphatic rings. The number of benzene rings is 1. The van der Waals surface area contributed by atoms with Gasteiger partial charge in [-0.2, -0.15) is 0 Å². The lowest BCUT2D eigenvalue weighted by molar-refractivity contribution is 0.578. The van der Waals surface area contributed by atoms with Crippen molar-refractivity contribution in [1.82, 2.24) is 0 Å². The van der Waals surface area contributed by atoms with Gasteiger partial charge in [0.05, 0.1) is 0 Å². The molecule has 1 saturated heterocycles. The van der Waals surface area contributed by atoms with Gasteiger partial charge in [0, 0.05) is 42.2 Å². The molecule has 0 bridgehead atoms. The van der Waals surface area contributed by atoms with Crippen LogP contribution in [0.2, 0.25) is 0 Å². The van der Waals surface area contributed by atoms with Crippen LogP contribution >= 0.6 is 0 Å². The van der Waals surface area contributed by atoms with E-state index in [0.717, 1.165) is 18.7 Å². The molecular weight excluding hydrogens is 236 g/mol. The zero-order valence-corrected chi connectivity index (χ0v) is 11.0.